The van der Waals surface area contributed by atoms with Crippen LogP contribution >= 0.6 is 12.2 Å². The summed E-state index contributed by atoms with van der Waals surface area (Å²) in [4.78, 5) is 6.24. The second-order valence-electron chi connectivity index (χ2n) is 1.09. The Hall–Kier alpha value is -1.22. The fourth-order valence-corrected chi connectivity index (χ4v) is 0.446. The molecule has 0 saturated carbocycles. The first kappa shape index (κ1) is 4.93. The maximum absolute atomic E-state index is 8.02. The van der Waals surface area contributed by atoms with Gasteiger partial charge < -0.3 is 0 Å². The summed E-state index contributed by atoms with van der Waals surface area (Å²) in [5.74, 6) is 0.0926. The molecule has 0 fully saturated rings. The lowest BCUT2D eigenvalue weighted by Gasteiger charge is -1.50. The molecule has 0 amide bonds. The Morgan fingerprint density at radius 2 is 2.38 bits per heavy atom. The molecular weight excluding hydrogens is 126 g/mol. The van der Waals surface area contributed by atoms with Crippen molar-refractivity contribution in [2.75, 3.05) is 0 Å². The van der Waals surface area contributed by atoms with Crippen LogP contribution in [-0.4, -0.2) is 15.2 Å². The first-order valence-corrected chi connectivity index (χ1v) is 2.23. The molecule has 0 bridgehead atoms. The van der Waals surface area contributed by atoms with Crippen LogP contribution in [0.2, 0.25) is 0 Å². The van der Waals surface area contributed by atoms with Gasteiger partial charge >= 0.3 is 10.7 Å². The van der Waals surface area contributed by atoms with Gasteiger partial charge in [-0.1, -0.05) is 0 Å². The molecule has 40 valence electrons. The van der Waals surface area contributed by atoms with Gasteiger partial charge in [0.15, 0.2) is 0 Å². The van der Waals surface area contributed by atoms with Gasteiger partial charge in [-0.05, 0) is 22.2 Å². The first-order valence-electron chi connectivity index (χ1n) is 1.82. The monoisotopic (exact) mass is 128 g/mol. The summed E-state index contributed by atoms with van der Waals surface area (Å²) in [6.07, 6.45) is 0. The van der Waals surface area contributed by atoms with E-state index in [-0.39, 0.29) is 10.7 Å². The zero-order chi connectivity index (χ0) is 5.98. The molecule has 2 N–H and O–H groups in total. The van der Waals surface area contributed by atoms with Gasteiger partial charge in [-0.3, -0.25) is 0 Å². The van der Waals surface area contributed by atoms with E-state index in [1.807, 2.05) is 0 Å². The Kier molecular flexibility index (Phi) is 1.06. The summed E-state index contributed by atoms with van der Waals surface area (Å²) in [6, 6.07) is 0. The zero-order valence-corrected chi connectivity index (χ0v) is 4.57. The zero-order valence-electron chi connectivity index (χ0n) is 3.75. The molecular formula is C2H2N5S+. The van der Waals surface area contributed by atoms with Gasteiger partial charge in [0.1, 0.15) is 0 Å². The molecule has 6 heteroatoms. The van der Waals surface area contributed by atoms with Crippen LogP contribution in [0.4, 0.5) is 5.95 Å². The third-order valence-corrected chi connectivity index (χ3v) is 0.777. The SMILES string of the molecule is N#[N+]c1nc(=S)[nH][nH]1. The Labute approximate surface area is 49.4 Å². The summed E-state index contributed by atoms with van der Waals surface area (Å²) in [5.41, 5.74) is 0. The van der Waals surface area contributed by atoms with Gasteiger partial charge in [0.25, 0.3) is 0 Å². The van der Waals surface area contributed by atoms with Crippen molar-refractivity contribution in [3.05, 3.63) is 9.75 Å². The average molecular weight is 128 g/mol. The minimum Gasteiger partial charge on any atom is -0.208 e. The highest BCUT2D eigenvalue weighted by Crippen LogP contribution is 1.96. The number of aromatic nitrogens is 3. The first-order chi connectivity index (χ1) is 3.83. The van der Waals surface area contributed by atoms with Crippen molar-refractivity contribution in [1.82, 2.24) is 15.2 Å². The molecule has 0 aliphatic rings. The second kappa shape index (κ2) is 1.71. The number of hydrogen-bond donors (Lipinski definition) is 2. The van der Waals surface area contributed by atoms with Crippen LogP contribution in [-0.2, 0) is 0 Å². The topological polar surface area (TPSA) is 72.6 Å². The van der Waals surface area contributed by atoms with Crippen molar-refractivity contribution in [1.29, 1.82) is 5.39 Å². The molecule has 0 aromatic carbocycles. The van der Waals surface area contributed by atoms with E-state index in [1.54, 1.807) is 0 Å². The van der Waals surface area contributed by atoms with Crippen LogP contribution < -0.4 is 0 Å². The molecule has 0 unspecified atom stereocenters. The Morgan fingerprint density at radius 3 is 2.62 bits per heavy atom. The minimum absolute atomic E-state index is 0.0926. The Bertz CT molecular complexity index is 262. The number of rotatable bonds is 0. The smallest absolute Gasteiger partial charge is 0.208 e. The number of nitrogens with zero attached hydrogens (tertiary/aromatic N) is 3. The summed E-state index contributed by atoms with van der Waals surface area (Å²) in [5, 5.41) is 12.9. The molecule has 0 aliphatic carbocycles. The Morgan fingerprint density at radius 1 is 1.62 bits per heavy atom. The summed E-state index contributed by atoms with van der Waals surface area (Å²) in [6.45, 7) is 0. The van der Waals surface area contributed by atoms with E-state index in [2.05, 4.69) is 32.4 Å². The molecule has 0 atom stereocenters. The van der Waals surface area contributed by atoms with E-state index in [0.717, 1.165) is 0 Å². The van der Waals surface area contributed by atoms with Crippen LogP contribution in [0.25, 0.3) is 4.98 Å². The van der Waals surface area contributed by atoms with Crippen molar-refractivity contribution >= 4 is 18.2 Å². The maximum Gasteiger partial charge on any atom is 0.545 e. The van der Waals surface area contributed by atoms with E-state index in [0.29, 0.717) is 0 Å². The van der Waals surface area contributed by atoms with Crippen LogP contribution in [0.15, 0.2) is 0 Å². The van der Waals surface area contributed by atoms with Gasteiger partial charge in [0, 0.05) is 0 Å². The van der Waals surface area contributed by atoms with Crippen LogP contribution in [0.5, 0.6) is 0 Å². The quantitative estimate of drug-likeness (QED) is 0.403. The highest BCUT2D eigenvalue weighted by molar-refractivity contribution is 7.71. The fourth-order valence-electron chi connectivity index (χ4n) is 0.309. The lowest BCUT2D eigenvalue weighted by atomic mass is 11.1. The van der Waals surface area contributed by atoms with Crippen molar-refractivity contribution in [2.45, 2.75) is 0 Å². The normalized spacial score (nSPS) is 8.38. The van der Waals surface area contributed by atoms with Crippen molar-refractivity contribution in [3.63, 3.8) is 0 Å². The molecule has 0 saturated heterocycles. The summed E-state index contributed by atoms with van der Waals surface area (Å²) in [7, 11) is 0. The summed E-state index contributed by atoms with van der Waals surface area (Å²) < 4.78 is 0.276. The maximum atomic E-state index is 8.02. The Balaban J connectivity index is 3.25. The van der Waals surface area contributed by atoms with Gasteiger partial charge in [0.05, 0.1) is 5.39 Å². The molecule has 1 aromatic heterocycles. The predicted molar refractivity (Wildman–Crippen MR) is 28.5 cm³/mol. The van der Waals surface area contributed by atoms with E-state index in [4.69, 9.17) is 5.39 Å². The minimum atomic E-state index is 0.0926. The fraction of sp³-hybridized carbons (Fsp3) is 0. The molecule has 5 nitrogen and oxygen atoms in total. The molecule has 0 radical (unpaired) electrons. The third kappa shape index (κ3) is 0.714. The average Bonchev–Trinajstić information content (AvgIpc) is 2.14. The van der Waals surface area contributed by atoms with E-state index < -0.39 is 0 Å². The number of hydrogen-bond acceptors (Lipinski definition) is 3. The van der Waals surface area contributed by atoms with Crippen LogP contribution in [0.1, 0.15) is 0 Å². The lowest BCUT2D eigenvalue weighted by molar-refractivity contribution is 1.08. The van der Waals surface area contributed by atoms with Crippen LogP contribution in [0, 0.1) is 10.2 Å². The molecule has 0 spiro atoms. The second-order valence-corrected chi connectivity index (χ2v) is 1.48. The highest BCUT2D eigenvalue weighted by Gasteiger charge is 2.03. The highest BCUT2D eigenvalue weighted by atomic mass is 32.1. The van der Waals surface area contributed by atoms with Crippen molar-refractivity contribution in [2.24, 2.45) is 0 Å². The lowest BCUT2D eigenvalue weighted by Crippen LogP contribution is -1.60. The third-order valence-electron chi connectivity index (χ3n) is 0.583. The van der Waals surface area contributed by atoms with Crippen molar-refractivity contribution in [3.8, 4) is 0 Å². The summed E-state index contributed by atoms with van der Waals surface area (Å²) >= 11 is 4.53. The number of H-pyrrole nitrogens is 2. The number of aromatic amines is 2. The molecule has 1 rings (SSSR count). The standard InChI is InChI=1S/C2HN5S/c3-5-1-4-2(8)7-6-1/h3H/p+1. The van der Waals surface area contributed by atoms with E-state index in [1.165, 1.54) is 0 Å². The van der Waals surface area contributed by atoms with Gasteiger partial charge in [-0.2, -0.15) is 5.10 Å². The molecule has 0 aliphatic heterocycles. The predicted octanol–water partition coefficient (Wildman–Crippen LogP) is 0.952. The van der Waals surface area contributed by atoms with Gasteiger partial charge in [-0.15, -0.1) is 0 Å². The van der Waals surface area contributed by atoms with Gasteiger partial charge in [0.2, 0.25) is 0 Å². The largest absolute Gasteiger partial charge is 0.545 e. The molecule has 1 heterocycles. The van der Waals surface area contributed by atoms with Gasteiger partial charge in [-0.25, -0.2) is 5.10 Å². The number of nitrogens with one attached hydrogen (secondary N) is 2. The van der Waals surface area contributed by atoms with E-state index >= 15 is 0 Å². The van der Waals surface area contributed by atoms with Crippen LogP contribution in [0.3, 0.4) is 0 Å². The molecule has 8 heavy (non-hydrogen) atoms. The number of diazo groups is 1. The van der Waals surface area contributed by atoms with E-state index in [9.17, 15) is 0 Å². The van der Waals surface area contributed by atoms with Crippen molar-refractivity contribution < 1.29 is 0 Å². The molecule has 1 aromatic rings.